The molecule has 0 saturated carbocycles. The van der Waals surface area contributed by atoms with Crippen molar-refractivity contribution in [2.75, 3.05) is 0 Å². The molecule has 0 aliphatic carbocycles. The van der Waals surface area contributed by atoms with Crippen LogP contribution in [0.2, 0.25) is 0 Å². The summed E-state index contributed by atoms with van der Waals surface area (Å²) in [6.07, 6.45) is 0. The van der Waals surface area contributed by atoms with Crippen LogP contribution >= 0.6 is 11.3 Å². The van der Waals surface area contributed by atoms with Gasteiger partial charge in [-0.05, 0) is 81.9 Å². The molecule has 0 atom stereocenters. The van der Waals surface area contributed by atoms with Gasteiger partial charge < -0.3 is 8.97 Å². The summed E-state index contributed by atoms with van der Waals surface area (Å²) in [5.41, 5.74) is 14.8. The Morgan fingerprint density at radius 2 is 0.782 bits per heavy atom. The summed E-state index contributed by atoms with van der Waals surface area (Å²) >= 11 is 1.91. The van der Waals surface area contributed by atoms with Crippen LogP contribution in [-0.4, -0.2) is 8.97 Å². The quantitative estimate of drug-likeness (QED) is 0.168. The molecule has 0 fully saturated rings. The number of rotatable bonds is 5. The lowest BCUT2D eigenvalue weighted by Crippen LogP contribution is -1.93. The summed E-state index contributed by atoms with van der Waals surface area (Å²) in [6.45, 7) is 0. The van der Waals surface area contributed by atoms with Gasteiger partial charge in [-0.25, -0.2) is 0 Å². The Balaban J connectivity index is 1.10. The largest absolute Gasteiger partial charge is 0.309 e. The highest BCUT2D eigenvalue weighted by Crippen LogP contribution is 2.51. The van der Waals surface area contributed by atoms with E-state index in [1.165, 1.54) is 109 Å². The summed E-state index contributed by atoms with van der Waals surface area (Å²) in [5.74, 6) is 0. The molecule has 0 N–H and O–H groups in total. The molecule has 4 heterocycles. The highest BCUT2D eigenvalue weighted by molar-refractivity contribution is 7.21. The molecule has 2 nitrogen and oxygen atoms in total. The van der Waals surface area contributed by atoms with Crippen LogP contribution in [0.4, 0.5) is 0 Å². The first kappa shape index (κ1) is 30.5. The fourth-order valence-corrected chi connectivity index (χ4v) is 10.3. The molecule has 256 valence electrons. The summed E-state index contributed by atoms with van der Waals surface area (Å²) < 4.78 is 4.95. The molecule has 0 amide bonds. The molecule has 4 aromatic heterocycles. The number of thiophene rings is 1. The number of hydrogen-bond donors (Lipinski definition) is 0. The minimum absolute atomic E-state index is 1.17. The van der Waals surface area contributed by atoms with Crippen molar-refractivity contribution in [3.05, 3.63) is 194 Å². The molecule has 0 radical (unpaired) electrons. The standard InChI is InChI=1S/C52H32N2S/c1-5-14-33(15-6-1)36-24-27-45-43(30-36)44-32-38(25-28-46(44)53(45)39-20-11-4-12-21-39)37-26-29-47-42(31-37)40-22-13-23-41-48-50(54(47)49(40)41)52(35-18-9-3-10-19-35)55-51(48)34-16-7-2-8-17-34/h1-32H. The number of nitrogens with zero attached hydrogens (tertiary/aromatic N) is 2. The summed E-state index contributed by atoms with van der Waals surface area (Å²) in [5, 5.41) is 7.74. The zero-order chi connectivity index (χ0) is 36.0. The third-order valence-corrected chi connectivity index (χ3v) is 12.7. The maximum Gasteiger partial charge on any atom is 0.0734 e. The number of hydrogen-bond acceptors (Lipinski definition) is 1. The van der Waals surface area contributed by atoms with Crippen molar-refractivity contribution in [1.82, 2.24) is 8.97 Å². The van der Waals surface area contributed by atoms with Crippen LogP contribution in [0, 0.1) is 0 Å². The van der Waals surface area contributed by atoms with Gasteiger partial charge in [-0.3, -0.25) is 0 Å². The monoisotopic (exact) mass is 716 g/mol. The Bertz CT molecular complexity index is 3390. The van der Waals surface area contributed by atoms with Gasteiger partial charge in [-0.15, -0.1) is 11.3 Å². The number of fused-ring (bicyclic) bond motifs is 9. The fraction of sp³-hybridized carbons (Fsp3) is 0. The first-order valence-corrected chi connectivity index (χ1v) is 19.7. The second-order valence-corrected chi connectivity index (χ2v) is 15.5. The number of para-hydroxylation sites is 2. The van der Waals surface area contributed by atoms with E-state index in [0.717, 1.165) is 0 Å². The van der Waals surface area contributed by atoms with E-state index in [1.54, 1.807) is 0 Å². The number of benzene rings is 8. The van der Waals surface area contributed by atoms with Crippen LogP contribution < -0.4 is 0 Å². The van der Waals surface area contributed by atoms with Gasteiger partial charge in [0.1, 0.15) is 0 Å². The van der Waals surface area contributed by atoms with E-state index >= 15 is 0 Å². The minimum Gasteiger partial charge on any atom is -0.309 e. The molecule has 0 aliphatic rings. The van der Waals surface area contributed by atoms with E-state index in [1.807, 2.05) is 11.3 Å². The smallest absolute Gasteiger partial charge is 0.0734 e. The van der Waals surface area contributed by atoms with E-state index in [0.29, 0.717) is 0 Å². The van der Waals surface area contributed by atoms with Crippen molar-refractivity contribution < 1.29 is 0 Å². The average molecular weight is 717 g/mol. The summed E-state index contributed by atoms with van der Waals surface area (Å²) in [6, 6.07) is 71.1. The van der Waals surface area contributed by atoms with Crippen molar-refractivity contribution in [3.63, 3.8) is 0 Å². The molecule has 0 unspecified atom stereocenters. The SMILES string of the molecule is c1ccc(-c2ccc3c(c2)c2cc(-c4ccc5c(c4)c4cccc6c7c(-c8ccccc8)sc(-c8ccccc8)c7n5c46)ccc2n3-c2ccccc2)cc1. The topological polar surface area (TPSA) is 9.34 Å². The predicted molar refractivity (Wildman–Crippen MR) is 235 cm³/mol. The third-order valence-electron chi connectivity index (χ3n) is 11.5. The zero-order valence-electron chi connectivity index (χ0n) is 29.8. The average Bonchev–Trinajstić information content (AvgIpc) is 4.00. The Morgan fingerprint density at radius 3 is 1.38 bits per heavy atom. The van der Waals surface area contributed by atoms with Crippen LogP contribution in [0.5, 0.6) is 0 Å². The Labute approximate surface area is 321 Å². The van der Waals surface area contributed by atoms with Crippen molar-refractivity contribution in [3.8, 4) is 48.8 Å². The molecule has 12 rings (SSSR count). The van der Waals surface area contributed by atoms with Gasteiger partial charge in [0.25, 0.3) is 0 Å². The lowest BCUT2D eigenvalue weighted by Gasteiger charge is -2.09. The predicted octanol–water partition coefficient (Wildman–Crippen LogP) is 14.7. The molecule has 0 saturated heterocycles. The van der Waals surface area contributed by atoms with Crippen LogP contribution in [0.15, 0.2) is 194 Å². The summed E-state index contributed by atoms with van der Waals surface area (Å²) in [7, 11) is 0. The van der Waals surface area contributed by atoms with Crippen LogP contribution in [0.25, 0.3) is 109 Å². The Kier molecular flexibility index (Phi) is 6.54. The molecule has 0 bridgehead atoms. The van der Waals surface area contributed by atoms with Gasteiger partial charge in [-0.1, -0.05) is 146 Å². The van der Waals surface area contributed by atoms with Crippen LogP contribution in [-0.2, 0) is 0 Å². The first-order valence-electron chi connectivity index (χ1n) is 18.9. The molecule has 3 heteroatoms. The van der Waals surface area contributed by atoms with Crippen molar-refractivity contribution in [2.24, 2.45) is 0 Å². The molecular formula is C52H32N2S. The van der Waals surface area contributed by atoms with Crippen molar-refractivity contribution in [2.45, 2.75) is 0 Å². The minimum atomic E-state index is 1.17. The van der Waals surface area contributed by atoms with E-state index in [4.69, 9.17) is 0 Å². The molecule has 8 aromatic carbocycles. The summed E-state index contributed by atoms with van der Waals surface area (Å²) in [4.78, 5) is 2.64. The van der Waals surface area contributed by atoms with E-state index in [9.17, 15) is 0 Å². The maximum atomic E-state index is 2.55. The van der Waals surface area contributed by atoms with Crippen molar-refractivity contribution >= 4 is 71.2 Å². The van der Waals surface area contributed by atoms with E-state index in [-0.39, 0.29) is 0 Å². The van der Waals surface area contributed by atoms with Crippen LogP contribution in [0.3, 0.4) is 0 Å². The van der Waals surface area contributed by atoms with Gasteiger partial charge in [0.15, 0.2) is 0 Å². The zero-order valence-corrected chi connectivity index (χ0v) is 30.6. The van der Waals surface area contributed by atoms with Gasteiger partial charge in [0.05, 0.1) is 32.5 Å². The van der Waals surface area contributed by atoms with Crippen LogP contribution in [0.1, 0.15) is 0 Å². The molecule has 55 heavy (non-hydrogen) atoms. The second-order valence-electron chi connectivity index (χ2n) is 14.5. The van der Waals surface area contributed by atoms with Gasteiger partial charge >= 0.3 is 0 Å². The van der Waals surface area contributed by atoms with E-state index in [2.05, 4.69) is 203 Å². The Hall–Kier alpha value is -6.94. The van der Waals surface area contributed by atoms with Gasteiger partial charge in [-0.2, -0.15) is 0 Å². The third kappa shape index (κ3) is 4.48. The van der Waals surface area contributed by atoms with Gasteiger partial charge in [0.2, 0.25) is 0 Å². The molecule has 0 aliphatic heterocycles. The molecule has 12 aromatic rings. The van der Waals surface area contributed by atoms with Gasteiger partial charge in [0, 0.05) is 42.9 Å². The first-order chi connectivity index (χ1) is 27.3. The fourth-order valence-electron chi connectivity index (χ4n) is 9.01. The lowest BCUT2D eigenvalue weighted by molar-refractivity contribution is 1.18. The lowest BCUT2D eigenvalue weighted by atomic mass is 9.99. The molecular weight excluding hydrogens is 685 g/mol. The van der Waals surface area contributed by atoms with Crippen molar-refractivity contribution in [1.29, 1.82) is 0 Å². The highest BCUT2D eigenvalue weighted by atomic mass is 32.1. The second kappa shape index (κ2) is 11.8. The van der Waals surface area contributed by atoms with E-state index < -0.39 is 0 Å². The number of aromatic nitrogens is 2. The highest BCUT2D eigenvalue weighted by Gasteiger charge is 2.25. The maximum absolute atomic E-state index is 2.55. The normalized spacial score (nSPS) is 12.0. The Morgan fingerprint density at radius 1 is 0.309 bits per heavy atom. The molecule has 0 spiro atoms.